The SMILES string of the molecule is O=C1c2cc(/C=N/N3CCCCC3)ccc2-n2c1nc1ccncc1c2=O. The van der Waals surface area contributed by atoms with Gasteiger partial charge in [-0.3, -0.25) is 24.1 Å². The maximum Gasteiger partial charge on any atom is 0.267 e. The van der Waals surface area contributed by atoms with Gasteiger partial charge in [0, 0.05) is 25.5 Å². The van der Waals surface area contributed by atoms with Gasteiger partial charge in [-0.15, -0.1) is 0 Å². The largest absolute Gasteiger partial charge is 0.297 e. The number of ketones is 1. The van der Waals surface area contributed by atoms with Crippen molar-refractivity contribution in [3.63, 3.8) is 0 Å². The van der Waals surface area contributed by atoms with Gasteiger partial charge in [-0.05, 0) is 43.0 Å². The van der Waals surface area contributed by atoms with Crippen molar-refractivity contribution in [2.75, 3.05) is 13.1 Å². The molecule has 4 heterocycles. The van der Waals surface area contributed by atoms with Gasteiger partial charge in [-0.25, -0.2) is 4.98 Å². The van der Waals surface area contributed by atoms with E-state index >= 15 is 0 Å². The van der Waals surface area contributed by atoms with Crippen molar-refractivity contribution in [3.05, 3.63) is 64.0 Å². The van der Waals surface area contributed by atoms with Gasteiger partial charge in [0.25, 0.3) is 5.56 Å². The maximum atomic E-state index is 12.8. The van der Waals surface area contributed by atoms with Crippen LogP contribution >= 0.6 is 0 Å². The molecule has 0 atom stereocenters. The third-order valence-electron chi connectivity index (χ3n) is 5.08. The van der Waals surface area contributed by atoms with Gasteiger partial charge in [0.05, 0.1) is 28.4 Å². The summed E-state index contributed by atoms with van der Waals surface area (Å²) in [5.74, 6) is -0.0899. The molecule has 0 bridgehead atoms. The second-order valence-corrected chi connectivity index (χ2v) is 6.83. The van der Waals surface area contributed by atoms with E-state index in [1.165, 1.54) is 17.2 Å². The smallest absolute Gasteiger partial charge is 0.267 e. The van der Waals surface area contributed by atoms with E-state index in [2.05, 4.69) is 20.1 Å². The summed E-state index contributed by atoms with van der Waals surface area (Å²) in [6, 6.07) is 7.08. The molecule has 27 heavy (non-hydrogen) atoms. The van der Waals surface area contributed by atoms with Gasteiger partial charge in [-0.2, -0.15) is 5.10 Å². The number of piperidine rings is 1. The Labute approximate surface area is 155 Å². The maximum absolute atomic E-state index is 12.8. The van der Waals surface area contributed by atoms with Crippen molar-refractivity contribution >= 4 is 22.9 Å². The molecule has 0 radical (unpaired) electrons. The highest BCUT2D eigenvalue weighted by Crippen LogP contribution is 2.26. The van der Waals surface area contributed by atoms with E-state index in [0.29, 0.717) is 22.2 Å². The number of pyridine rings is 1. The Bertz CT molecular complexity index is 1160. The zero-order chi connectivity index (χ0) is 18.4. The fourth-order valence-corrected chi connectivity index (χ4v) is 3.68. The number of aromatic nitrogens is 3. The molecule has 134 valence electrons. The predicted octanol–water partition coefficient (Wildman–Crippen LogP) is 2.14. The summed E-state index contributed by atoms with van der Waals surface area (Å²) in [6.07, 6.45) is 8.40. The van der Waals surface area contributed by atoms with Gasteiger partial charge in [0.15, 0.2) is 5.82 Å². The van der Waals surface area contributed by atoms with Crippen LogP contribution in [0, 0.1) is 0 Å². The molecule has 0 unspecified atom stereocenters. The highest BCUT2D eigenvalue weighted by atomic mass is 16.1. The van der Waals surface area contributed by atoms with Gasteiger partial charge in [0.2, 0.25) is 5.78 Å². The molecule has 0 spiro atoms. The van der Waals surface area contributed by atoms with E-state index in [1.54, 1.807) is 30.6 Å². The van der Waals surface area contributed by atoms with Gasteiger partial charge in [-0.1, -0.05) is 6.07 Å². The molecule has 2 aromatic heterocycles. The molecule has 1 saturated heterocycles. The standard InChI is InChI=1S/C20H17N5O2/c26-18-14-10-13(11-22-24-8-2-1-3-9-24)4-5-17(14)25-19(18)23-16-6-7-21-12-15(16)20(25)27/h4-7,10-12H,1-3,8-9H2/b22-11+. The van der Waals surface area contributed by atoms with Crippen LogP contribution in [0.1, 0.15) is 41.0 Å². The molecule has 7 nitrogen and oxygen atoms in total. The van der Waals surface area contributed by atoms with E-state index < -0.39 is 0 Å². The van der Waals surface area contributed by atoms with Gasteiger partial charge >= 0.3 is 0 Å². The molecule has 1 fully saturated rings. The van der Waals surface area contributed by atoms with Crippen LogP contribution in [0.25, 0.3) is 16.6 Å². The minimum atomic E-state index is -0.273. The van der Waals surface area contributed by atoms with Gasteiger partial charge in [0.1, 0.15) is 0 Å². The molecule has 0 N–H and O–H groups in total. The van der Waals surface area contributed by atoms with Crippen LogP contribution in [0.2, 0.25) is 0 Å². The predicted molar refractivity (Wildman–Crippen MR) is 102 cm³/mol. The summed E-state index contributed by atoms with van der Waals surface area (Å²) < 4.78 is 1.38. The molecule has 5 rings (SSSR count). The quantitative estimate of drug-likeness (QED) is 0.512. The molecule has 7 heteroatoms. The molecule has 0 amide bonds. The molecule has 0 saturated carbocycles. The molecule has 1 aromatic carbocycles. The normalized spacial score (nSPS) is 16.1. The summed E-state index contributed by atoms with van der Waals surface area (Å²) in [5, 5.41) is 6.98. The van der Waals surface area contributed by atoms with E-state index in [9.17, 15) is 9.59 Å². The van der Waals surface area contributed by atoms with Crippen LogP contribution in [0.3, 0.4) is 0 Å². The lowest BCUT2D eigenvalue weighted by molar-refractivity contribution is 0.103. The average molecular weight is 359 g/mol. The van der Waals surface area contributed by atoms with Crippen molar-refractivity contribution in [2.24, 2.45) is 5.10 Å². The number of benzene rings is 1. The van der Waals surface area contributed by atoms with E-state index in [-0.39, 0.29) is 17.2 Å². The number of rotatable bonds is 2. The first kappa shape index (κ1) is 15.9. The van der Waals surface area contributed by atoms with E-state index in [1.807, 2.05) is 6.07 Å². The molecule has 3 aromatic rings. The summed E-state index contributed by atoms with van der Waals surface area (Å²) in [7, 11) is 0. The Morgan fingerprint density at radius 3 is 2.78 bits per heavy atom. The lowest BCUT2D eigenvalue weighted by Crippen LogP contribution is -2.24. The highest BCUT2D eigenvalue weighted by Gasteiger charge is 2.30. The number of fused-ring (bicyclic) bond motifs is 4. The zero-order valence-electron chi connectivity index (χ0n) is 14.6. The number of hydrogen-bond acceptors (Lipinski definition) is 6. The summed E-state index contributed by atoms with van der Waals surface area (Å²) in [6.45, 7) is 1.93. The first-order valence-electron chi connectivity index (χ1n) is 9.07. The first-order chi connectivity index (χ1) is 13.2. The van der Waals surface area contributed by atoms with Crippen molar-refractivity contribution in [1.82, 2.24) is 19.5 Å². The number of carbonyl (C=O) groups is 1. The van der Waals surface area contributed by atoms with Crippen molar-refractivity contribution in [2.45, 2.75) is 19.3 Å². The monoisotopic (exact) mass is 359 g/mol. The highest BCUT2D eigenvalue weighted by molar-refractivity contribution is 6.14. The van der Waals surface area contributed by atoms with E-state index in [0.717, 1.165) is 31.5 Å². The second kappa shape index (κ2) is 6.12. The Morgan fingerprint density at radius 2 is 1.93 bits per heavy atom. The molecule has 0 aliphatic carbocycles. The Morgan fingerprint density at radius 1 is 1.07 bits per heavy atom. The lowest BCUT2D eigenvalue weighted by Gasteiger charge is -2.23. The van der Waals surface area contributed by atoms with Crippen LogP contribution in [0.4, 0.5) is 0 Å². The van der Waals surface area contributed by atoms with Crippen LogP contribution < -0.4 is 5.56 Å². The molecule has 2 aliphatic heterocycles. The van der Waals surface area contributed by atoms with Crippen LogP contribution in [0.15, 0.2) is 46.6 Å². The second-order valence-electron chi connectivity index (χ2n) is 6.83. The fraction of sp³-hybridized carbons (Fsp3) is 0.250. The van der Waals surface area contributed by atoms with Crippen molar-refractivity contribution in [1.29, 1.82) is 0 Å². The Kier molecular flexibility index (Phi) is 3.60. The number of carbonyl (C=O) groups excluding carboxylic acids is 1. The summed E-state index contributed by atoms with van der Waals surface area (Å²) >= 11 is 0. The third-order valence-corrected chi connectivity index (χ3v) is 5.08. The minimum absolute atomic E-state index is 0.152. The van der Waals surface area contributed by atoms with Crippen LogP contribution in [-0.2, 0) is 0 Å². The molecular formula is C20H17N5O2. The average Bonchev–Trinajstić information content (AvgIpc) is 2.99. The van der Waals surface area contributed by atoms with Gasteiger partial charge < -0.3 is 0 Å². The van der Waals surface area contributed by atoms with Crippen LogP contribution in [-0.4, -0.2) is 44.6 Å². The summed E-state index contributed by atoms with van der Waals surface area (Å²) in [5.41, 5.74) is 2.08. The Hall–Kier alpha value is -3.35. The van der Waals surface area contributed by atoms with E-state index in [4.69, 9.17) is 0 Å². The molecule has 2 aliphatic rings. The Balaban J connectivity index is 1.57. The van der Waals surface area contributed by atoms with Crippen molar-refractivity contribution < 1.29 is 4.79 Å². The van der Waals surface area contributed by atoms with Crippen LogP contribution in [0.5, 0.6) is 0 Å². The fourth-order valence-electron chi connectivity index (χ4n) is 3.68. The van der Waals surface area contributed by atoms with Crippen molar-refractivity contribution in [3.8, 4) is 5.69 Å². The topological polar surface area (TPSA) is 80.5 Å². The lowest BCUT2D eigenvalue weighted by atomic mass is 10.1. The summed E-state index contributed by atoms with van der Waals surface area (Å²) in [4.78, 5) is 34.1. The zero-order valence-corrected chi connectivity index (χ0v) is 14.6. The number of hydrazone groups is 1. The third kappa shape index (κ3) is 2.54. The molecular weight excluding hydrogens is 342 g/mol. The number of hydrogen-bond donors (Lipinski definition) is 0. The minimum Gasteiger partial charge on any atom is -0.297 e. The number of nitrogens with zero attached hydrogens (tertiary/aromatic N) is 5. The first-order valence-corrected chi connectivity index (χ1v) is 9.07.